The lowest BCUT2D eigenvalue weighted by Gasteiger charge is -2.11. The second-order valence-electron chi connectivity index (χ2n) is 6.10. The van der Waals surface area contributed by atoms with Crippen molar-refractivity contribution in [1.82, 2.24) is 9.55 Å². The van der Waals surface area contributed by atoms with Crippen molar-refractivity contribution in [3.8, 4) is 11.9 Å². The van der Waals surface area contributed by atoms with Gasteiger partial charge in [-0.2, -0.15) is 10.4 Å². The fourth-order valence-corrected chi connectivity index (χ4v) is 4.40. The number of aliphatic hydroxyl groups is 1. The van der Waals surface area contributed by atoms with Crippen LogP contribution >= 0.6 is 11.3 Å². The van der Waals surface area contributed by atoms with Gasteiger partial charge in [0, 0.05) is 17.1 Å². The van der Waals surface area contributed by atoms with Crippen molar-refractivity contribution in [1.29, 1.82) is 5.26 Å². The van der Waals surface area contributed by atoms with Gasteiger partial charge in [-0.1, -0.05) is 0 Å². The molecule has 0 bridgehead atoms. The Labute approximate surface area is 180 Å². The number of pyridine rings is 1. The molecule has 0 amide bonds. The normalized spacial score (nSPS) is 11.5. The molecule has 160 valence electrons. The van der Waals surface area contributed by atoms with E-state index in [1.165, 1.54) is 37.4 Å². The smallest absolute Gasteiger partial charge is 0.281 e. The molecule has 0 aliphatic heterocycles. The Hall–Kier alpha value is -3.60. The average Bonchev–Trinajstić information content (AvgIpc) is 3.24. The number of thiazole rings is 1. The van der Waals surface area contributed by atoms with Crippen molar-refractivity contribution in [3.63, 3.8) is 0 Å². The molecule has 13 heteroatoms. The van der Waals surface area contributed by atoms with Crippen LogP contribution in [0.15, 0.2) is 55.8 Å². The number of benzene rings is 1. The van der Waals surface area contributed by atoms with Crippen LogP contribution < -0.4 is 10.3 Å². The van der Waals surface area contributed by atoms with E-state index in [1.54, 1.807) is 11.4 Å². The Bertz CT molecular complexity index is 1320. The lowest BCUT2D eigenvalue weighted by molar-refractivity contribution is 0.263. The standard InChI is InChI=1S/C18H16N6O5S2/c1-11-14(10-19)16(26)24(7-8-25)17(27)15(11)22-21-12-2-4-13(5-3-12)31(28,29)23-18-20-6-9-30-18/h2-6,9,25-26H,7-8H2,1H3,(H,20,23). The molecule has 31 heavy (non-hydrogen) atoms. The highest BCUT2D eigenvalue weighted by molar-refractivity contribution is 7.93. The van der Waals surface area contributed by atoms with Gasteiger partial charge in [-0.05, 0) is 31.2 Å². The Kier molecular flexibility index (Phi) is 6.44. The van der Waals surface area contributed by atoms with E-state index in [-0.39, 0.29) is 39.1 Å². The number of azo groups is 1. The minimum absolute atomic E-state index is 0.0143. The lowest BCUT2D eigenvalue weighted by atomic mass is 10.1. The monoisotopic (exact) mass is 460 g/mol. The van der Waals surface area contributed by atoms with Gasteiger partial charge < -0.3 is 10.2 Å². The van der Waals surface area contributed by atoms with Gasteiger partial charge >= 0.3 is 0 Å². The van der Waals surface area contributed by atoms with E-state index in [0.717, 1.165) is 15.9 Å². The van der Waals surface area contributed by atoms with Crippen molar-refractivity contribution < 1.29 is 18.6 Å². The number of hydrogen-bond donors (Lipinski definition) is 3. The summed E-state index contributed by atoms with van der Waals surface area (Å²) in [4.78, 5) is 16.4. The molecule has 3 N–H and O–H groups in total. The Morgan fingerprint density at radius 3 is 2.58 bits per heavy atom. The molecule has 0 fully saturated rings. The van der Waals surface area contributed by atoms with Gasteiger partial charge in [0.15, 0.2) is 10.8 Å². The van der Waals surface area contributed by atoms with Crippen LogP contribution in [0.25, 0.3) is 0 Å². The molecule has 0 saturated carbocycles. The highest BCUT2D eigenvalue weighted by Gasteiger charge is 2.19. The zero-order valence-corrected chi connectivity index (χ0v) is 17.7. The summed E-state index contributed by atoms with van der Waals surface area (Å²) in [5.74, 6) is -0.555. The highest BCUT2D eigenvalue weighted by Crippen LogP contribution is 2.27. The van der Waals surface area contributed by atoms with Crippen LogP contribution in [-0.2, 0) is 16.6 Å². The number of sulfonamides is 1. The number of anilines is 1. The third-order valence-corrected chi connectivity index (χ3v) is 6.33. The Balaban J connectivity index is 1.92. The number of hydrogen-bond acceptors (Lipinski definition) is 10. The predicted molar refractivity (Wildman–Crippen MR) is 112 cm³/mol. The largest absolute Gasteiger partial charge is 0.493 e. The molecule has 0 atom stereocenters. The molecular weight excluding hydrogens is 444 g/mol. The van der Waals surface area contributed by atoms with Gasteiger partial charge in [-0.15, -0.1) is 16.5 Å². The number of rotatable bonds is 7. The second kappa shape index (κ2) is 9.04. The van der Waals surface area contributed by atoms with E-state index < -0.39 is 28.1 Å². The van der Waals surface area contributed by atoms with Crippen LogP contribution in [-0.4, -0.2) is 34.8 Å². The number of aromatic nitrogens is 2. The quantitative estimate of drug-likeness (QED) is 0.454. The molecule has 1 aromatic carbocycles. The number of nitrogens with one attached hydrogen (secondary N) is 1. The molecule has 2 aromatic heterocycles. The summed E-state index contributed by atoms with van der Waals surface area (Å²) in [5, 5.41) is 38.2. The van der Waals surface area contributed by atoms with E-state index in [1.807, 2.05) is 0 Å². The highest BCUT2D eigenvalue weighted by atomic mass is 32.2. The van der Waals surface area contributed by atoms with Gasteiger partial charge in [-0.3, -0.25) is 14.1 Å². The first-order valence-electron chi connectivity index (χ1n) is 8.70. The van der Waals surface area contributed by atoms with Crippen molar-refractivity contribution in [2.24, 2.45) is 10.2 Å². The maximum Gasteiger partial charge on any atom is 0.281 e. The maximum absolute atomic E-state index is 12.6. The minimum atomic E-state index is -3.82. The van der Waals surface area contributed by atoms with Crippen molar-refractivity contribution in [2.75, 3.05) is 11.3 Å². The van der Waals surface area contributed by atoms with E-state index in [2.05, 4.69) is 19.9 Å². The van der Waals surface area contributed by atoms with Gasteiger partial charge in [0.2, 0.25) is 5.88 Å². The van der Waals surface area contributed by atoms with Crippen molar-refractivity contribution in [2.45, 2.75) is 18.4 Å². The number of nitriles is 1. The first-order chi connectivity index (χ1) is 14.8. The number of aliphatic hydroxyl groups excluding tert-OH is 1. The zero-order chi connectivity index (χ0) is 22.6. The van der Waals surface area contributed by atoms with Crippen molar-refractivity contribution in [3.05, 3.63) is 57.3 Å². The molecule has 3 aromatic rings. The molecule has 3 rings (SSSR count). The van der Waals surface area contributed by atoms with Crippen LogP contribution in [0.3, 0.4) is 0 Å². The van der Waals surface area contributed by atoms with Crippen LogP contribution in [0.1, 0.15) is 11.1 Å². The third kappa shape index (κ3) is 4.61. The summed E-state index contributed by atoms with van der Waals surface area (Å²) in [5.41, 5.74) is -0.664. The van der Waals surface area contributed by atoms with Crippen LogP contribution in [0.5, 0.6) is 5.88 Å². The summed E-state index contributed by atoms with van der Waals surface area (Å²) in [6, 6.07) is 7.23. The summed E-state index contributed by atoms with van der Waals surface area (Å²) in [6.45, 7) is 0.793. The van der Waals surface area contributed by atoms with Crippen LogP contribution in [0.4, 0.5) is 16.5 Å². The SMILES string of the molecule is Cc1c(C#N)c(O)n(CCO)c(=O)c1N=Nc1ccc(S(=O)(=O)Nc2nccs2)cc1. The van der Waals surface area contributed by atoms with E-state index in [9.17, 15) is 23.6 Å². The average molecular weight is 460 g/mol. The Morgan fingerprint density at radius 1 is 1.29 bits per heavy atom. The summed E-state index contributed by atoms with van der Waals surface area (Å²) in [6.07, 6.45) is 1.48. The fraction of sp³-hybridized carbons (Fsp3) is 0.167. The molecule has 0 spiro atoms. The molecule has 11 nitrogen and oxygen atoms in total. The first kappa shape index (κ1) is 22.1. The van der Waals surface area contributed by atoms with E-state index in [0.29, 0.717) is 0 Å². The second-order valence-corrected chi connectivity index (χ2v) is 8.68. The molecule has 0 unspecified atom stereocenters. The molecule has 0 aliphatic rings. The summed E-state index contributed by atoms with van der Waals surface area (Å²) >= 11 is 1.14. The predicted octanol–water partition coefficient (Wildman–Crippen LogP) is 2.40. The molecule has 0 aliphatic carbocycles. The van der Waals surface area contributed by atoms with Crippen LogP contribution in [0, 0.1) is 18.3 Å². The van der Waals surface area contributed by atoms with E-state index in [4.69, 9.17) is 5.11 Å². The first-order valence-corrected chi connectivity index (χ1v) is 11.1. The minimum Gasteiger partial charge on any atom is -0.493 e. The topological polar surface area (TPSA) is 170 Å². The fourth-order valence-electron chi connectivity index (χ4n) is 2.61. The molecular formula is C18H16N6O5S2. The molecule has 2 heterocycles. The molecule has 0 radical (unpaired) electrons. The summed E-state index contributed by atoms with van der Waals surface area (Å²) < 4.78 is 27.9. The summed E-state index contributed by atoms with van der Waals surface area (Å²) in [7, 11) is -3.82. The van der Waals surface area contributed by atoms with E-state index >= 15 is 0 Å². The van der Waals surface area contributed by atoms with Gasteiger partial charge in [0.25, 0.3) is 15.6 Å². The maximum atomic E-state index is 12.6. The Morgan fingerprint density at radius 2 is 2.00 bits per heavy atom. The van der Waals surface area contributed by atoms with Gasteiger partial charge in [0.1, 0.15) is 11.6 Å². The van der Waals surface area contributed by atoms with Crippen molar-refractivity contribution >= 4 is 37.9 Å². The lowest BCUT2D eigenvalue weighted by Crippen LogP contribution is -2.23. The van der Waals surface area contributed by atoms with Gasteiger partial charge in [0.05, 0.1) is 23.7 Å². The third-order valence-electron chi connectivity index (χ3n) is 4.16. The van der Waals surface area contributed by atoms with Gasteiger partial charge in [-0.25, -0.2) is 13.4 Å². The number of aromatic hydroxyl groups is 1. The number of nitrogens with zero attached hydrogens (tertiary/aromatic N) is 5. The molecule has 0 saturated heterocycles. The van der Waals surface area contributed by atoms with Crippen LogP contribution in [0.2, 0.25) is 0 Å². The zero-order valence-electron chi connectivity index (χ0n) is 16.1.